The Morgan fingerprint density at radius 1 is 1.37 bits per heavy atom. The number of rotatable bonds is 5. The van der Waals surface area contributed by atoms with Gasteiger partial charge in [-0.3, -0.25) is 5.10 Å². The summed E-state index contributed by atoms with van der Waals surface area (Å²) in [7, 11) is 0. The molecule has 2 unspecified atom stereocenters. The zero-order valence-corrected chi connectivity index (χ0v) is 16.2. The number of benzene rings is 1. The van der Waals surface area contributed by atoms with Crippen LogP contribution in [0.3, 0.4) is 0 Å². The van der Waals surface area contributed by atoms with Crippen molar-refractivity contribution in [1.29, 1.82) is 0 Å². The summed E-state index contributed by atoms with van der Waals surface area (Å²) in [5, 5.41) is 18.5. The molecule has 2 aromatic rings. The number of hydrogen-bond acceptors (Lipinski definition) is 3. The van der Waals surface area contributed by atoms with Crippen molar-refractivity contribution < 1.29 is 9.84 Å². The number of aromatic hydroxyl groups is 1. The van der Waals surface area contributed by atoms with Gasteiger partial charge in [-0.15, -0.1) is 0 Å². The second kappa shape index (κ2) is 7.26. The quantitative estimate of drug-likeness (QED) is 0.516. The summed E-state index contributed by atoms with van der Waals surface area (Å²) in [6.45, 7) is 8.55. The third-order valence-electron chi connectivity index (χ3n) is 5.94. The first-order chi connectivity index (χ1) is 13.1. The summed E-state index contributed by atoms with van der Waals surface area (Å²) in [5.41, 5.74) is 5.10. The number of phenolic OH excluding ortho intramolecular Hbond substituents is 1. The minimum Gasteiger partial charge on any atom is -0.507 e. The molecule has 1 aliphatic heterocycles. The molecule has 142 valence electrons. The summed E-state index contributed by atoms with van der Waals surface area (Å²) in [4.78, 5) is 0. The lowest BCUT2D eigenvalue weighted by Crippen LogP contribution is -2.25. The number of hydrogen-bond donors (Lipinski definition) is 2. The van der Waals surface area contributed by atoms with Crippen LogP contribution in [-0.2, 0) is 6.42 Å². The molecule has 27 heavy (non-hydrogen) atoms. The predicted molar refractivity (Wildman–Crippen MR) is 108 cm³/mol. The van der Waals surface area contributed by atoms with E-state index < -0.39 is 0 Å². The van der Waals surface area contributed by atoms with Gasteiger partial charge in [0.15, 0.2) is 0 Å². The van der Waals surface area contributed by atoms with Crippen molar-refractivity contribution in [3.63, 3.8) is 0 Å². The van der Waals surface area contributed by atoms with Crippen LogP contribution in [0, 0.1) is 5.92 Å². The molecule has 2 atom stereocenters. The fraction of sp³-hybridized carbons (Fsp3) is 0.435. The number of unbranched alkanes of at least 4 members (excludes halogenated alkanes) is 2. The molecule has 2 heterocycles. The molecule has 0 radical (unpaired) electrons. The lowest BCUT2D eigenvalue weighted by atomic mass is 9.73. The number of phenols is 1. The monoisotopic (exact) mass is 364 g/mol. The third-order valence-corrected chi connectivity index (χ3v) is 5.94. The number of nitrogens with zero attached hydrogens (tertiary/aromatic N) is 1. The molecule has 4 nitrogen and oxygen atoms in total. The average Bonchev–Trinajstić information content (AvgIpc) is 3.15. The Kier molecular flexibility index (Phi) is 4.81. The van der Waals surface area contributed by atoms with E-state index in [2.05, 4.69) is 42.8 Å². The molecule has 1 aliphatic carbocycles. The first kappa shape index (κ1) is 17.9. The Morgan fingerprint density at radius 3 is 2.96 bits per heavy atom. The predicted octanol–water partition coefficient (Wildman–Crippen LogP) is 5.86. The number of aromatic nitrogens is 2. The van der Waals surface area contributed by atoms with Gasteiger partial charge in [-0.2, -0.15) is 5.10 Å². The van der Waals surface area contributed by atoms with Crippen molar-refractivity contribution in [3.05, 3.63) is 53.4 Å². The smallest absolute Gasteiger partial charge is 0.134 e. The van der Waals surface area contributed by atoms with Gasteiger partial charge in [0, 0.05) is 29.2 Å². The molecule has 0 saturated carbocycles. The largest absolute Gasteiger partial charge is 0.507 e. The minimum absolute atomic E-state index is 0.126. The highest BCUT2D eigenvalue weighted by molar-refractivity contribution is 5.76. The van der Waals surface area contributed by atoms with Crippen molar-refractivity contribution in [2.75, 3.05) is 0 Å². The Bertz CT molecular complexity index is 880. The van der Waals surface area contributed by atoms with Gasteiger partial charge in [-0.25, -0.2) is 0 Å². The van der Waals surface area contributed by atoms with Gasteiger partial charge in [0.05, 0.1) is 5.69 Å². The lowest BCUT2D eigenvalue weighted by molar-refractivity contribution is 0.275. The average molecular weight is 364 g/mol. The number of nitrogens with one attached hydrogen (secondary N) is 1. The number of H-pyrrole nitrogens is 1. The van der Waals surface area contributed by atoms with Gasteiger partial charge in [-0.05, 0) is 50.3 Å². The Labute approximate surface area is 161 Å². The molecule has 0 bridgehead atoms. The highest BCUT2D eigenvalue weighted by atomic mass is 16.5. The van der Waals surface area contributed by atoms with Crippen molar-refractivity contribution in [3.8, 4) is 22.8 Å². The maximum Gasteiger partial charge on any atom is 0.134 e. The molecule has 4 rings (SSSR count). The van der Waals surface area contributed by atoms with E-state index in [4.69, 9.17) is 4.74 Å². The molecule has 0 spiro atoms. The van der Waals surface area contributed by atoms with E-state index in [1.54, 1.807) is 6.20 Å². The maximum absolute atomic E-state index is 11.4. The summed E-state index contributed by atoms with van der Waals surface area (Å²) >= 11 is 0. The first-order valence-electron chi connectivity index (χ1n) is 10.0. The van der Waals surface area contributed by atoms with E-state index in [1.165, 1.54) is 12.0 Å². The van der Waals surface area contributed by atoms with Crippen LogP contribution in [0.1, 0.15) is 63.0 Å². The van der Waals surface area contributed by atoms with E-state index in [-0.39, 0.29) is 11.8 Å². The molecule has 4 heteroatoms. The zero-order valence-electron chi connectivity index (χ0n) is 16.2. The van der Waals surface area contributed by atoms with Crippen LogP contribution in [0.25, 0.3) is 11.3 Å². The van der Waals surface area contributed by atoms with Crippen molar-refractivity contribution in [1.82, 2.24) is 10.2 Å². The standard InChI is InChI=1S/C23H28N2O2/c1-4-5-6-7-16-13-20-22(23(26)21(16)19-10-11-24-25-19)18-12-14(2)8-9-17(18)15(3)27-20/h10-13,17-18,26H,3-9H2,1-2H3,(H,24,25). The van der Waals surface area contributed by atoms with Crippen LogP contribution in [-0.4, -0.2) is 15.3 Å². The highest BCUT2D eigenvalue weighted by Crippen LogP contribution is 2.53. The SMILES string of the molecule is C=C1Oc2cc(CCCCC)c(-c3ccn[nH]3)c(O)c2C2C=C(C)CCC12. The summed E-state index contributed by atoms with van der Waals surface area (Å²) in [6.07, 6.45) is 10.4. The highest BCUT2D eigenvalue weighted by Gasteiger charge is 2.38. The van der Waals surface area contributed by atoms with Crippen LogP contribution in [0.4, 0.5) is 0 Å². The summed E-state index contributed by atoms with van der Waals surface area (Å²) in [6, 6.07) is 4.03. The topological polar surface area (TPSA) is 58.1 Å². The zero-order chi connectivity index (χ0) is 19.0. The van der Waals surface area contributed by atoms with Crippen LogP contribution in [0.2, 0.25) is 0 Å². The first-order valence-corrected chi connectivity index (χ1v) is 10.0. The van der Waals surface area contributed by atoms with Gasteiger partial charge in [0.25, 0.3) is 0 Å². The van der Waals surface area contributed by atoms with Gasteiger partial charge >= 0.3 is 0 Å². The number of ether oxygens (including phenoxy) is 1. The van der Waals surface area contributed by atoms with E-state index >= 15 is 0 Å². The molecular formula is C23H28N2O2. The molecular weight excluding hydrogens is 336 g/mol. The number of allylic oxidation sites excluding steroid dienone is 3. The fourth-order valence-electron chi connectivity index (χ4n) is 4.51. The minimum atomic E-state index is 0.126. The second-order valence-electron chi connectivity index (χ2n) is 7.85. The van der Waals surface area contributed by atoms with Gasteiger partial charge in [0.1, 0.15) is 17.3 Å². The Morgan fingerprint density at radius 2 is 2.22 bits per heavy atom. The molecule has 0 saturated heterocycles. The summed E-state index contributed by atoms with van der Waals surface area (Å²) < 4.78 is 6.13. The molecule has 1 aromatic heterocycles. The van der Waals surface area contributed by atoms with E-state index in [1.807, 2.05) is 6.07 Å². The number of aromatic amines is 1. The van der Waals surface area contributed by atoms with Crippen molar-refractivity contribution in [2.45, 2.75) is 58.3 Å². The molecule has 2 N–H and O–H groups in total. The van der Waals surface area contributed by atoms with E-state index in [0.717, 1.165) is 66.0 Å². The second-order valence-corrected chi connectivity index (χ2v) is 7.85. The summed E-state index contributed by atoms with van der Waals surface area (Å²) in [5.74, 6) is 2.27. The van der Waals surface area contributed by atoms with Crippen molar-refractivity contribution >= 4 is 0 Å². The Hall–Kier alpha value is -2.49. The maximum atomic E-state index is 11.4. The van der Waals surface area contributed by atoms with Gasteiger partial charge < -0.3 is 9.84 Å². The number of aryl methyl sites for hydroxylation is 1. The molecule has 0 fully saturated rings. The van der Waals surface area contributed by atoms with Gasteiger partial charge in [0.2, 0.25) is 0 Å². The van der Waals surface area contributed by atoms with E-state index in [0.29, 0.717) is 5.75 Å². The number of fused-ring (bicyclic) bond motifs is 3. The molecule has 1 aromatic carbocycles. The fourth-order valence-corrected chi connectivity index (χ4v) is 4.51. The molecule has 2 aliphatic rings. The Balaban J connectivity index is 1.88. The lowest BCUT2D eigenvalue weighted by Gasteiger charge is -2.37. The molecule has 0 amide bonds. The van der Waals surface area contributed by atoms with Gasteiger partial charge in [-0.1, -0.05) is 38.0 Å². The van der Waals surface area contributed by atoms with Crippen molar-refractivity contribution in [2.24, 2.45) is 5.92 Å². The third kappa shape index (κ3) is 3.18. The van der Waals surface area contributed by atoms with Crippen LogP contribution in [0.5, 0.6) is 11.5 Å². The van der Waals surface area contributed by atoms with Crippen LogP contribution >= 0.6 is 0 Å². The van der Waals surface area contributed by atoms with E-state index in [9.17, 15) is 5.11 Å². The normalized spacial score (nSPS) is 21.3. The van der Waals surface area contributed by atoms with Crippen LogP contribution in [0.15, 0.2) is 42.3 Å². The van der Waals surface area contributed by atoms with Crippen LogP contribution < -0.4 is 4.74 Å².